The van der Waals surface area contributed by atoms with Gasteiger partial charge in [-0.05, 0) is 44.7 Å². The number of methoxy groups -OCH3 is 1. The topological polar surface area (TPSA) is 63.0 Å². The summed E-state index contributed by atoms with van der Waals surface area (Å²) in [6.07, 6.45) is 0. The monoisotopic (exact) mass is 376 g/mol. The van der Waals surface area contributed by atoms with E-state index >= 15 is 0 Å². The lowest BCUT2D eigenvalue weighted by Gasteiger charge is -2.27. The molecular formula is C20H25FN2O4. The molecule has 1 amide bonds. The third kappa shape index (κ3) is 5.17. The average Bonchev–Trinajstić information content (AvgIpc) is 3.00. The number of ether oxygens (including phenoxy) is 1. The highest BCUT2D eigenvalue weighted by atomic mass is 19.1. The largest absolute Gasteiger partial charge is 0.465 e. The molecule has 1 aromatic heterocycles. The Morgan fingerprint density at radius 1 is 1.22 bits per heavy atom. The molecular weight excluding hydrogens is 351 g/mol. The van der Waals surface area contributed by atoms with Crippen LogP contribution in [0.15, 0.2) is 34.7 Å². The van der Waals surface area contributed by atoms with Gasteiger partial charge in [0.15, 0.2) is 0 Å². The van der Waals surface area contributed by atoms with Crippen LogP contribution in [0.25, 0.3) is 0 Å². The molecule has 0 spiro atoms. The first kappa shape index (κ1) is 20.6. The summed E-state index contributed by atoms with van der Waals surface area (Å²) in [6.45, 7) is 4.14. The molecule has 0 fully saturated rings. The van der Waals surface area contributed by atoms with E-state index in [2.05, 4.69) is 0 Å². The zero-order chi connectivity index (χ0) is 20.1. The van der Waals surface area contributed by atoms with Gasteiger partial charge in [0.1, 0.15) is 22.9 Å². The van der Waals surface area contributed by atoms with E-state index in [1.807, 2.05) is 6.92 Å². The Kier molecular flexibility index (Phi) is 6.74. The number of furan rings is 1. The highest BCUT2D eigenvalue weighted by molar-refractivity contribution is 5.90. The molecule has 1 atom stereocenters. The second-order valence-corrected chi connectivity index (χ2v) is 6.58. The van der Waals surface area contributed by atoms with E-state index in [4.69, 9.17) is 9.15 Å². The predicted molar refractivity (Wildman–Crippen MR) is 98.7 cm³/mol. The molecule has 0 saturated carbocycles. The Morgan fingerprint density at radius 2 is 1.85 bits per heavy atom. The number of rotatable bonds is 7. The Bertz CT molecular complexity index is 801. The van der Waals surface area contributed by atoms with E-state index in [1.165, 1.54) is 19.2 Å². The normalized spacial score (nSPS) is 12.1. The highest BCUT2D eigenvalue weighted by Crippen LogP contribution is 2.20. The number of carbonyl (C=O) groups excluding carboxylic acids is 2. The quantitative estimate of drug-likeness (QED) is 0.695. The number of likely N-dealkylation sites (N-methyl/N-ethyl adjacent to an activating group) is 2. The Morgan fingerprint density at radius 3 is 2.44 bits per heavy atom. The molecule has 1 unspecified atom stereocenters. The van der Waals surface area contributed by atoms with Crippen molar-refractivity contribution in [2.75, 3.05) is 27.7 Å². The molecule has 2 rings (SSSR count). The van der Waals surface area contributed by atoms with Gasteiger partial charge in [0.2, 0.25) is 5.91 Å². The summed E-state index contributed by atoms with van der Waals surface area (Å²) < 4.78 is 23.4. The summed E-state index contributed by atoms with van der Waals surface area (Å²) in [4.78, 5) is 27.6. The number of aryl methyl sites for hydroxylation is 1. The number of nitrogens with zero attached hydrogens (tertiary/aromatic N) is 2. The molecule has 0 N–H and O–H groups in total. The maximum absolute atomic E-state index is 13.1. The first-order valence-corrected chi connectivity index (χ1v) is 8.60. The van der Waals surface area contributed by atoms with Crippen molar-refractivity contribution in [1.29, 1.82) is 0 Å². The van der Waals surface area contributed by atoms with Crippen molar-refractivity contribution in [3.63, 3.8) is 0 Å². The minimum Gasteiger partial charge on any atom is -0.465 e. The zero-order valence-electron chi connectivity index (χ0n) is 16.3. The summed E-state index contributed by atoms with van der Waals surface area (Å²) >= 11 is 0. The van der Waals surface area contributed by atoms with Gasteiger partial charge in [0.25, 0.3) is 0 Å². The van der Waals surface area contributed by atoms with Crippen molar-refractivity contribution in [3.05, 3.63) is 58.8 Å². The Balaban J connectivity index is 1.96. The maximum Gasteiger partial charge on any atom is 0.341 e. The first-order valence-electron chi connectivity index (χ1n) is 8.60. The van der Waals surface area contributed by atoms with Gasteiger partial charge in [-0.1, -0.05) is 12.1 Å². The van der Waals surface area contributed by atoms with E-state index in [9.17, 15) is 14.0 Å². The van der Waals surface area contributed by atoms with Crippen LogP contribution < -0.4 is 0 Å². The van der Waals surface area contributed by atoms with Crippen molar-refractivity contribution < 1.29 is 23.1 Å². The third-order valence-corrected chi connectivity index (χ3v) is 4.53. The summed E-state index contributed by atoms with van der Waals surface area (Å²) in [5, 5.41) is 0. The molecule has 1 heterocycles. The fourth-order valence-corrected chi connectivity index (χ4v) is 2.78. The molecule has 7 heteroatoms. The molecule has 1 aromatic carbocycles. The molecule has 6 nitrogen and oxygen atoms in total. The van der Waals surface area contributed by atoms with Gasteiger partial charge < -0.3 is 14.1 Å². The first-order chi connectivity index (χ1) is 12.7. The molecule has 0 saturated heterocycles. The molecule has 0 radical (unpaired) electrons. The van der Waals surface area contributed by atoms with Gasteiger partial charge in [-0.3, -0.25) is 9.69 Å². The van der Waals surface area contributed by atoms with Crippen LogP contribution in [0.2, 0.25) is 0 Å². The maximum atomic E-state index is 13.1. The Labute approximate surface area is 158 Å². The predicted octanol–water partition coefficient (Wildman–Crippen LogP) is 3.17. The number of carbonyl (C=O) groups is 2. The smallest absolute Gasteiger partial charge is 0.341 e. The van der Waals surface area contributed by atoms with Crippen LogP contribution in [0.5, 0.6) is 0 Å². The van der Waals surface area contributed by atoms with Gasteiger partial charge in [-0.15, -0.1) is 0 Å². The van der Waals surface area contributed by atoms with Crippen molar-refractivity contribution in [2.45, 2.75) is 26.4 Å². The number of amides is 1. The van der Waals surface area contributed by atoms with Crippen LogP contribution in [0, 0.1) is 12.7 Å². The van der Waals surface area contributed by atoms with Crippen LogP contribution in [-0.2, 0) is 16.1 Å². The van der Waals surface area contributed by atoms with Crippen molar-refractivity contribution in [3.8, 4) is 0 Å². The Hall–Kier alpha value is -2.67. The van der Waals surface area contributed by atoms with Gasteiger partial charge in [0.05, 0.1) is 26.2 Å². The number of hydrogen-bond donors (Lipinski definition) is 0. The van der Waals surface area contributed by atoms with Gasteiger partial charge in [-0.25, -0.2) is 9.18 Å². The van der Waals surface area contributed by atoms with Gasteiger partial charge in [0, 0.05) is 7.05 Å². The highest BCUT2D eigenvalue weighted by Gasteiger charge is 2.20. The van der Waals surface area contributed by atoms with E-state index in [1.54, 1.807) is 49.0 Å². The molecule has 0 aliphatic heterocycles. The molecule has 146 valence electrons. The minimum absolute atomic E-state index is 0.0780. The fraction of sp³-hybridized carbons (Fsp3) is 0.400. The van der Waals surface area contributed by atoms with Crippen LogP contribution in [-0.4, -0.2) is 49.4 Å². The molecule has 0 bridgehead atoms. The van der Waals surface area contributed by atoms with E-state index < -0.39 is 5.97 Å². The number of benzene rings is 1. The van der Waals surface area contributed by atoms with Crippen LogP contribution in [0.1, 0.15) is 40.4 Å². The minimum atomic E-state index is -0.450. The van der Waals surface area contributed by atoms with Crippen molar-refractivity contribution in [1.82, 2.24) is 9.80 Å². The van der Waals surface area contributed by atoms with Crippen molar-refractivity contribution in [2.24, 2.45) is 0 Å². The molecule has 27 heavy (non-hydrogen) atoms. The second kappa shape index (κ2) is 8.81. The number of hydrogen-bond acceptors (Lipinski definition) is 5. The lowest BCUT2D eigenvalue weighted by Crippen LogP contribution is -2.37. The van der Waals surface area contributed by atoms with E-state index in [-0.39, 0.29) is 24.3 Å². The van der Waals surface area contributed by atoms with Crippen LogP contribution in [0.3, 0.4) is 0 Å². The van der Waals surface area contributed by atoms with Gasteiger partial charge >= 0.3 is 5.97 Å². The van der Waals surface area contributed by atoms with Crippen LogP contribution in [0.4, 0.5) is 4.39 Å². The number of halogens is 1. The van der Waals surface area contributed by atoms with E-state index in [0.717, 1.165) is 5.56 Å². The van der Waals surface area contributed by atoms with Gasteiger partial charge in [-0.2, -0.15) is 0 Å². The van der Waals surface area contributed by atoms with Crippen LogP contribution >= 0.6 is 0 Å². The molecule has 2 aromatic rings. The summed E-state index contributed by atoms with van der Waals surface area (Å²) in [5.74, 6) is 0.232. The lowest BCUT2D eigenvalue weighted by atomic mass is 10.1. The average molecular weight is 376 g/mol. The zero-order valence-corrected chi connectivity index (χ0v) is 16.3. The lowest BCUT2D eigenvalue weighted by molar-refractivity contribution is -0.132. The summed E-state index contributed by atoms with van der Waals surface area (Å²) in [5.41, 5.74) is 1.24. The molecule has 0 aliphatic carbocycles. The second-order valence-electron chi connectivity index (χ2n) is 6.58. The number of esters is 1. The van der Waals surface area contributed by atoms with E-state index in [0.29, 0.717) is 23.6 Å². The third-order valence-electron chi connectivity index (χ3n) is 4.53. The SMILES string of the molecule is COC(=O)c1cc(CN(C)CC(=O)N(C)C(C)c2ccc(F)cc2)oc1C. The summed E-state index contributed by atoms with van der Waals surface area (Å²) in [6, 6.07) is 7.57. The molecule has 0 aliphatic rings. The standard InChI is InChI=1S/C20H25FN2O4/c1-13(15-6-8-16(21)9-7-15)23(4)19(24)12-22(3)11-17-10-18(14(2)27-17)20(25)26-5/h6-10,13H,11-12H2,1-5H3. The fourth-order valence-electron chi connectivity index (χ4n) is 2.78. The van der Waals surface area contributed by atoms with Crippen molar-refractivity contribution >= 4 is 11.9 Å². The summed E-state index contributed by atoms with van der Waals surface area (Å²) in [7, 11) is 4.83.